The van der Waals surface area contributed by atoms with Gasteiger partial charge in [-0.05, 0) is 30.7 Å². The summed E-state index contributed by atoms with van der Waals surface area (Å²) in [6.45, 7) is 9.01. The van der Waals surface area contributed by atoms with Gasteiger partial charge in [0.25, 0.3) is 0 Å². The molecule has 0 unspecified atom stereocenters. The van der Waals surface area contributed by atoms with Crippen LogP contribution >= 0.6 is 24.0 Å². The second kappa shape index (κ2) is 11.9. The summed E-state index contributed by atoms with van der Waals surface area (Å²) in [5.41, 5.74) is 1.09. The Labute approximate surface area is 177 Å². The molecule has 3 rings (SSSR count). The lowest BCUT2D eigenvalue weighted by atomic mass is 10.2. The topological polar surface area (TPSA) is 79.6 Å². The molecule has 2 N–H and O–H groups in total. The van der Waals surface area contributed by atoms with Gasteiger partial charge in [-0.2, -0.15) is 5.10 Å². The number of nitrogens with zero attached hydrogens (tertiary/aromatic N) is 5. The van der Waals surface area contributed by atoms with Crippen LogP contribution in [0.3, 0.4) is 0 Å². The summed E-state index contributed by atoms with van der Waals surface area (Å²) >= 11 is 0. The Balaban J connectivity index is 0.00000261. The van der Waals surface area contributed by atoms with Crippen molar-refractivity contribution in [3.8, 4) is 5.82 Å². The van der Waals surface area contributed by atoms with Crippen molar-refractivity contribution in [3.05, 3.63) is 42.4 Å². The highest BCUT2D eigenvalue weighted by Gasteiger charge is 2.09. The molecule has 1 aliphatic rings. The monoisotopic (exact) mass is 485 g/mol. The minimum atomic E-state index is 0. The molecule has 0 bridgehead atoms. The molecule has 0 radical (unpaired) electrons. The SMILES string of the molecule is CCNC(=NCc1ccnc(-n2cccn2)c1)NCCN1CCOCC1.I. The minimum absolute atomic E-state index is 0. The van der Waals surface area contributed by atoms with Crippen molar-refractivity contribution >= 4 is 29.9 Å². The average molecular weight is 485 g/mol. The summed E-state index contributed by atoms with van der Waals surface area (Å²) in [6.07, 6.45) is 5.42. The molecule has 2 aromatic heterocycles. The van der Waals surface area contributed by atoms with E-state index in [4.69, 9.17) is 4.74 Å². The van der Waals surface area contributed by atoms with E-state index in [9.17, 15) is 0 Å². The second-order valence-corrected chi connectivity index (χ2v) is 6.05. The fourth-order valence-electron chi connectivity index (χ4n) is 2.76. The van der Waals surface area contributed by atoms with Crippen LogP contribution in [0.25, 0.3) is 5.82 Å². The molecule has 8 nitrogen and oxygen atoms in total. The first-order valence-corrected chi connectivity index (χ1v) is 9.12. The van der Waals surface area contributed by atoms with E-state index in [0.717, 1.165) is 63.3 Å². The molecule has 1 fully saturated rings. The Bertz CT molecular complexity index is 687. The lowest BCUT2D eigenvalue weighted by Crippen LogP contribution is -2.44. The third-order valence-electron chi connectivity index (χ3n) is 4.14. The highest BCUT2D eigenvalue weighted by molar-refractivity contribution is 14.0. The van der Waals surface area contributed by atoms with E-state index in [0.29, 0.717) is 6.54 Å². The van der Waals surface area contributed by atoms with Gasteiger partial charge in [0.2, 0.25) is 0 Å². The van der Waals surface area contributed by atoms with E-state index in [1.54, 1.807) is 17.1 Å². The van der Waals surface area contributed by atoms with Crippen molar-refractivity contribution in [1.29, 1.82) is 0 Å². The van der Waals surface area contributed by atoms with Gasteiger partial charge < -0.3 is 15.4 Å². The smallest absolute Gasteiger partial charge is 0.191 e. The van der Waals surface area contributed by atoms with Gasteiger partial charge in [0.15, 0.2) is 11.8 Å². The molecule has 0 amide bonds. The van der Waals surface area contributed by atoms with Gasteiger partial charge >= 0.3 is 0 Å². The van der Waals surface area contributed by atoms with Gasteiger partial charge in [-0.1, -0.05) is 0 Å². The summed E-state index contributed by atoms with van der Waals surface area (Å²) in [5, 5.41) is 10.9. The van der Waals surface area contributed by atoms with Crippen LogP contribution in [0.2, 0.25) is 0 Å². The quantitative estimate of drug-likeness (QED) is 0.350. The van der Waals surface area contributed by atoms with Gasteiger partial charge in [0, 0.05) is 51.3 Å². The van der Waals surface area contributed by atoms with Crippen molar-refractivity contribution < 1.29 is 4.74 Å². The number of morpholine rings is 1. The van der Waals surface area contributed by atoms with Gasteiger partial charge in [-0.15, -0.1) is 24.0 Å². The highest BCUT2D eigenvalue weighted by atomic mass is 127. The summed E-state index contributed by atoms with van der Waals surface area (Å²) in [6, 6.07) is 5.87. The molecule has 0 aromatic carbocycles. The molecule has 0 spiro atoms. The number of pyridine rings is 1. The molecule has 0 saturated carbocycles. The van der Waals surface area contributed by atoms with Crippen LogP contribution in [-0.2, 0) is 11.3 Å². The zero-order valence-corrected chi connectivity index (χ0v) is 18.0. The molecular formula is C18H28IN7O. The summed E-state index contributed by atoms with van der Waals surface area (Å²) in [5.74, 6) is 1.63. The Kier molecular flexibility index (Phi) is 9.50. The van der Waals surface area contributed by atoms with Gasteiger partial charge in [0.1, 0.15) is 0 Å². The number of hydrogen-bond acceptors (Lipinski definition) is 5. The predicted octanol–water partition coefficient (Wildman–Crippen LogP) is 1.27. The first-order valence-electron chi connectivity index (χ1n) is 9.12. The van der Waals surface area contributed by atoms with Crippen LogP contribution in [0, 0.1) is 0 Å². The summed E-state index contributed by atoms with van der Waals surface area (Å²) < 4.78 is 7.13. The van der Waals surface area contributed by atoms with Crippen LogP contribution in [0.1, 0.15) is 12.5 Å². The Morgan fingerprint density at radius 3 is 2.85 bits per heavy atom. The lowest BCUT2D eigenvalue weighted by Gasteiger charge is -2.26. The summed E-state index contributed by atoms with van der Waals surface area (Å²) in [4.78, 5) is 11.4. The third-order valence-corrected chi connectivity index (χ3v) is 4.14. The number of aromatic nitrogens is 3. The number of halogens is 1. The van der Waals surface area contributed by atoms with E-state index in [2.05, 4.69) is 37.5 Å². The number of nitrogens with one attached hydrogen (secondary N) is 2. The Morgan fingerprint density at radius 2 is 2.11 bits per heavy atom. The molecule has 1 aliphatic heterocycles. The molecule has 148 valence electrons. The maximum absolute atomic E-state index is 5.38. The van der Waals surface area contributed by atoms with Crippen molar-refractivity contribution in [1.82, 2.24) is 30.3 Å². The second-order valence-electron chi connectivity index (χ2n) is 6.05. The zero-order chi connectivity index (χ0) is 18.0. The fraction of sp³-hybridized carbons (Fsp3) is 0.500. The maximum Gasteiger partial charge on any atom is 0.191 e. The minimum Gasteiger partial charge on any atom is -0.379 e. The first kappa shape index (κ1) is 21.6. The Hall–Kier alpha value is -1.72. The standard InChI is InChI=1S/C18H27N7O.HI/c1-2-19-18(21-7-9-24-10-12-26-13-11-24)22-15-16-4-6-20-17(14-16)25-8-3-5-23-25;/h3-6,8,14H,2,7,9-13,15H2,1H3,(H2,19,21,22);1H. The van der Waals surface area contributed by atoms with Crippen molar-refractivity contribution in [2.24, 2.45) is 4.99 Å². The number of aliphatic imine (C=N–C) groups is 1. The number of guanidine groups is 1. The van der Waals surface area contributed by atoms with Gasteiger partial charge in [0.05, 0.1) is 19.8 Å². The molecule has 9 heteroatoms. The highest BCUT2D eigenvalue weighted by Crippen LogP contribution is 2.07. The maximum atomic E-state index is 5.38. The summed E-state index contributed by atoms with van der Waals surface area (Å²) in [7, 11) is 0. The molecule has 0 aliphatic carbocycles. The van der Waals surface area contributed by atoms with Crippen LogP contribution in [0.4, 0.5) is 0 Å². The van der Waals surface area contributed by atoms with E-state index >= 15 is 0 Å². The molecule has 2 aromatic rings. The van der Waals surface area contributed by atoms with Crippen LogP contribution in [0.5, 0.6) is 0 Å². The first-order chi connectivity index (χ1) is 12.8. The molecule has 1 saturated heterocycles. The van der Waals surface area contributed by atoms with Crippen LogP contribution in [0.15, 0.2) is 41.8 Å². The van der Waals surface area contributed by atoms with E-state index in [-0.39, 0.29) is 24.0 Å². The van der Waals surface area contributed by atoms with Crippen LogP contribution < -0.4 is 10.6 Å². The van der Waals surface area contributed by atoms with Crippen molar-refractivity contribution in [2.45, 2.75) is 13.5 Å². The number of rotatable bonds is 7. The zero-order valence-electron chi connectivity index (χ0n) is 15.7. The van der Waals surface area contributed by atoms with E-state index in [1.807, 2.05) is 24.4 Å². The number of ether oxygens (including phenoxy) is 1. The van der Waals surface area contributed by atoms with Gasteiger partial charge in [-0.25, -0.2) is 14.7 Å². The normalized spacial score (nSPS) is 15.2. The predicted molar refractivity (Wildman–Crippen MR) is 117 cm³/mol. The fourth-order valence-corrected chi connectivity index (χ4v) is 2.76. The van der Waals surface area contributed by atoms with Crippen molar-refractivity contribution in [3.63, 3.8) is 0 Å². The molecule has 0 atom stereocenters. The largest absolute Gasteiger partial charge is 0.379 e. The average Bonchev–Trinajstić information content (AvgIpc) is 3.22. The van der Waals surface area contributed by atoms with Gasteiger partial charge in [-0.3, -0.25) is 4.90 Å². The molecule has 3 heterocycles. The Morgan fingerprint density at radius 1 is 1.26 bits per heavy atom. The third kappa shape index (κ3) is 7.07. The van der Waals surface area contributed by atoms with Crippen molar-refractivity contribution in [2.75, 3.05) is 45.9 Å². The number of hydrogen-bond donors (Lipinski definition) is 2. The molecular weight excluding hydrogens is 457 g/mol. The van der Waals surface area contributed by atoms with E-state index in [1.165, 1.54) is 0 Å². The van der Waals surface area contributed by atoms with E-state index < -0.39 is 0 Å². The van der Waals surface area contributed by atoms with Crippen LogP contribution in [-0.4, -0.2) is 71.6 Å². The molecule has 27 heavy (non-hydrogen) atoms. The lowest BCUT2D eigenvalue weighted by molar-refractivity contribution is 0.0389.